The van der Waals surface area contributed by atoms with Crippen LogP contribution in [0.4, 0.5) is 17.2 Å². The zero-order valence-electron chi connectivity index (χ0n) is 18.4. The number of nitrogen functional groups attached to an aromatic ring is 1. The van der Waals surface area contributed by atoms with Gasteiger partial charge >= 0.3 is 5.69 Å². The molecule has 0 saturated carbocycles. The van der Waals surface area contributed by atoms with Crippen molar-refractivity contribution in [2.24, 2.45) is 0 Å². The SMILES string of the molecule is COCCN(C(=O)CNc1ccc(C)c(Cl)c1)c1c(N)n(Cc2ccccc2)c(=O)[nH]c1=O. The summed E-state index contributed by atoms with van der Waals surface area (Å²) in [5.41, 5.74) is 7.14. The van der Waals surface area contributed by atoms with Gasteiger partial charge in [-0.1, -0.05) is 48.0 Å². The number of halogens is 1. The van der Waals surface area contributed by atoms with Crippen LogP contribution in [0.5, 0.6) is 0 Å². The summed E-state index contributed by atoms with van der Waals surface area (Å²) in [4.78, 5) is 41.8. The molecule has 9 nitrogen and oxygen atoms in total. The standard InChI is InChI=1S/C23H26ClN5O4/c1-15-8-9-17(12-18(15)24)26-13-19(30)28(10-11-33-2)20-21(25)29(23(32)27-22(20)31)14-16-6-4-3-5-7-16/h3-9,12,26H,10-11,13-14,25H2,1-2H3,(H,27,31,32). The first kappa shape index (κ1) is 24.1. The number of nitrogens with two attached hydrogens (primary N) is 1. The van der Waals surface area contributed by atoms with Crippen LogP contribution >= 0.6 is 11.6 Å². The van der Waals surface area contributed by atoms with E-state index in [1.165, 1.54) is 16.6 Å². The van der Waals surface area contributed by atoms with Crippen molar-refractivity contribution < 1.29 is 9.53 Å². The molecule has 0 spiro atoms. The molecule has 0 fully saturated rings. The lowest BCUT2D eigenvalue weighted by Crippen LogP contribution is -2.44. The molecule has 0 saturated heterocycles. The minimum atomic E-state index is -0.746. The van der Waals surface area contributed by atoms with Crippen molar-refractivity contribution in [1.29, 1.82) is 0 Å². The van der Waals surface area contributed by atoms with Crippen molar-refractivity contribution in [3.05, 3.63) is 85.5 Å². The number of hydrogen-bond acceptors (Lipinski definition) is 6. The molecule has 0 bridgehead atoms. The van der Waals surface area contributed by atoms with Gasteiger partial charge in [-0.15, -0.1) is 0 Å². The minimum Gasteiger partial charge on any atom is -0.383 e. The molecule has 1 amide bonds. The summed E-state index contributed by atoms with van der Waals surface area (Å²) in [6.45, 7) is 2.13. The van der Waals surface area contributed by atoms with E-state index >= 15 is 0 Å². The van der Waals surface area contributed by atoms with Gasteiger partial charge in [0.2, 0.25) is 5.91 Å². The molecule has 10 heteroatoms. The lowest BCUT2D eigenvalue weighted by Gasteiger charge is -2.24. The topological polar surface area (TPSA) is 122 Å². The van der Waals surface area contributed by atoms with E-state index in [0.717, 1.165) is 11.1 Å². The second-order valence-corrected chi connectivity index (χ2v) is 7.83. The van der Waals surface area contributed by atoms with E-state index in [0.29, 0.717) is 10.7 Å². The summed E-state index contributed by atoms with van der Waals surface area (Å²) in [5, 5.41) is 3.57. The normalized spacial score (nSPS) is 10.8. The molecule has 33 heavy (non-hydrogen) atoms. The molecule has 0 aliphatic heterocycles. The highest BCUT2D eigenvalue weighted by atomic mass is 35.5. The van der Waals surface area contributed by atoms with Gasteiger partial charge < -0.3 is 20.7 Å². The summed E-state index contributed by atoms with van der Waals surface area (Å²) in [6, 6.07) is 14.5. The van der Waals surface area contributed by atoms with E-state index in [-0.39, 0.29) is 37.7 Å². The third kappa shape index (κ3) is 5.82. The molecule has 4 N–H and O–H groups in total. The average molecular weight is 472 g/mol. The third-order valence-electron chi connectivity index (χ3n) is 5.10. The molecular weight excluding hydrogens is 446 g/mol. The number of benzene rings is 2. The molecule has 0 aliphatic carbocycles. The Hall–Kier alpha value is -3.56. The Bertz CT molecular complexity index is 1240. The summed E-state index contributed by atoms with van der Waals surface area (Å²) < 4.78 is 6.34. The zero-order chi connectivity index (χ0) is 24.0. The van der Waals surface area contributed by atoms with Gasteiger partial charge in [0.15, 0.2) is 5.69 Å². The van der Waals surface area contributed by atoms with Crippen molar-refractivity contribution >= 4 is 34.7 Å². The van der Waals surface area contributed by atoms with Crippen LogP contribution in [-0.4, -0.2) is 42.3 Å². The van der Waals surface area contributed by atoms with Crippen molar-refractivity contribution in [2.45, 2.75) is 13.5 Å². The Morgan fingerprint density at radius 1 is 1.21 bits per heavy atom. The van der Waals surface area contributed by atoms with Gasteiger partial charge in [-0.2, -0.15) is 0 Å². The summed E-state index contributed by atoms with van der Waals surface area (Å²) in [6.07, 6.45) is 0. The lowest BCUT2D eigenvalue weighted by atomic mass is 10.2. The summed E-state index contributed by atoms with van der Waals surface area (Å²) in [7, 11) is 1.49. The van der Waals surface area contributed by atoms with Gasteiger partial charge in [0, 0.05) is 24.4 Å². The van der Waals surface area contributed by atoms with Gasteiger partial charge in [0.1, 0.15) is 5.82 Å². The van der Waals surface area contributed by atoms with Crippen LogP contribution in [0.25, 0.3) is 0 Å². The maximum atomic E-state index is 13.1. The highest BCUT2D eigenvalue weighted by molar-refractivity contribution is 6.31. The van der Waals surface area contributed by atoms with Gasteiger partial charge in [0.05, 0.1) is 19.7 Å². The zero-order valence-corrected chi connectivity index (χ0v) is 19.2. The second-order valence-electron chi connectivity index (χ2n) is 7.42. The molecule has 0 aliphatic rings. The van der Waals surface area contributed by atoms with Crippen LogP contribution in [-0.2, 0) is 16.1 Å². The Kier molecular flexibility index (Phi) is 7.92. The molecule has 3 aromatic rings. The molecule has 0 atom stereocenters. The van der Waals surface area contributed by atoms with E-state index in [4.69, 9.17) is 22.1 Å². The lowest BCUT2D eigenvalue weighted by molar-refractivity contribution is -0.117. The molecule has 174 valence electrons. The van der Waals surface area contributed by atoms with E-state index in [2.05, 4.69) is 10.3 Å². The number of methoxy groups -OCH3 is 1. The van der Waals surface area contributed by atoms with Gasteiger partial charge in [-0.25, -0.2) is 4.79 Å². The number of H-pyrrole nitrogens is 1. The number of carbonyl (C=O) groups is 1. The van der Waals surface area contributed by atoms with Crippen LogP contribution < -0.4 is 27.2 Å². The van der Waals surface area contributed by atoms with Crippen LogP contribution in [0.3, 0.4) is 0 Å². The average Bonchev–Trinajstić information content (AvgIpc) is 2.80. The van der Waals surface area contributed by atoms with Gasteiger partial charge in [-0.3, -0.25) is 19.1 Å². The predicted octanol–water partition coefficient (Wildman–Crippen LogP) is 2.22. The fourth-order valence-electron chi connectivity index (χ4n) is 3.28. The number of hydrogen-bond donors (Lipinski definition) is 3. The van der Waals surface area contributed by atoms with E-state index < -0.39 is 17.2 Å². The summed E-state index contributed by atoms with van der Waals surface area (Å²) >= 11 is 6.15. The molecule has 3 rings (SSSR count). The number of ether oxygens (including phenoxy) is 1. The molecule has 2 aromatic carbocycles. The number of nitrogens with one attached hydrogen (secondary N) is 2. The van der Waals surface area contributed by atoms with E-state index in [1.807, 2.05) is 43.3 Å². The molecule has 1 aromatic heterocycles. The van der Waals surface area contributed by atoms with Crippen LogP contribution in [0.2, 0.25) is 5.02 Å². The smallest absolute Gasteiger partial charge is 0.330 e. The second kappa shape index (κ2) is 10.8. The van der Waals surface area contributed by atoms with Crippen LogP contribution in [0, 0.1) is 6.92 Å². The minimum absolute atomic E-state index is 0.0719. The van der Waals surface area contributed by atoms with Crippen molar-refractivity contribution in [3.63, 3.8) is 0 Å². The Morgan fingerprint density at radius 2 is 1.94 bits per heavy atom. The highest BCUT2D eigenvalue weighted by Gasteiger charge is 2.24. The number of aromatic amines is 1. The molecule has 1 heterocycles. The van der Waals surface area contributed by atoms with E-state index in [1.54, 1.807) is 12.1 Å². The van der Waals surface area contributed by atoms with Crippen LogP contribution in [0.15, 0.2) is 58.1 Å². The first-order valence-electron chi connectivity index (χ1n) is 10.3. The fourth-order valence-corrected chi connectivity index (χ4v) is 3.46. The van der Waals surface area contributed by atoms with Crippen LogP contribution in [0.1, 0.15) is 11.1 Å². The maximum Gasteiger partial charge on any atom is 0.330 e. The maximum absolute atomic E-state index is 13.1. The van der Waals surface area contributed by atoms with Gasteiger partial charge in [-0.05, 0) is 30.2 Å². The summed E-state index contributed by atoms with van der Waals surface area (Å²) in [5.74, 6) is -0.527. The fraction of sp³-hybridized carbons (Fsp3) is 0.261. The number of carbonyl (C=O) groups excluding carboxylic acids is 1. The molecule has 0 radical (unpaired) electrons. The number of rotatable bonds is 9. The third-order valence-corrected chi connectivity index (χ3v) is 5.51. The largest absolute Gasteiger partial charge is 0.383 e. The monoisotopic (exact) mass is 471 g/mol. The predicted molar refractivity (Wildman–Crippen MR) is 130 cm³/mol. The number of aromatic nitrogens is 2. The quantitative estimate of drug-likeness (QED) is 0.440. The number of aryl methyl sites for hydroxylation is 1. The van der Waals surface area contributed by atoms with Crippen molar-refractivity contribution in [1.82, 2.24) is 9.55 Å². The van der Waals surface area contributed by atoms with Crippen molar-refractivity contribution in [2.75, 3.05) is 42.8 Å². The number of nitrogens with zero attached hydrogens (tertiary/aromatic N) is 2. The first-order valence-corrected chi connectivity index (χ1v) is 10.7. The molecular formula is C23H26ClN5O4. The first-order chi connectivity index (χ1) is 15.8. The molecule has 0 unspecified atom stereocenters. The Balaban J connectivity index is 1.92. The highest BCUT2D eigenvalue weighted by Crippen LogP contribution is 2.21. The van der Waals surface area contributed by atoms with Gasteiger partial charge in [0.25, 0.3) is 5.56 Å². The Labute approximate surface area is 195 Å². The van der Waals surface area contributed by atoms with E-state index in [9.17, 15) is 14.4 Å². The number of amides is 1. The number of anilines is 3. The van der Waals surface area contributed by atoms with Crippen molar-refractivity contribution in [3.8, 4) is 0 Å². The Morgan fingerprint density at radius 3 is 2.61 bits per heavy atom.